The van der Waals surface area contributed by atoms with E-state index in [-0.39, 0.29) is 0 Å². The van der Waals surface area contributed by atoms with Crippen molar-refractivity contribution >= 4 is 10.9 Å². The number of aromatic nitrogens is 1. The zero-order valence-corrected chi connectivity index (χ0v) is 15.1. The Morgan fingerprint density at radius 1 is 1.22 bits per heavy atom. The molecule has 1 aromatic heterocycles. The Labute approximate surface area is 140 Å². The topological polar surface area (TPSA) is 22.1 Å². The van der Waals surface area contributed by atoms with Crippen molar-refractivity contribution < 1.29 is 4.74 Å². The number of nitrogens with zero attached hydrogens (tertiary/aromatic N) is 1. The van der Waals surface area contributed by atoms with Gasteiger partial charge >= 0.3 is 0 Å². The Morgan fingerprint density at radius 3 is 2.65 bits per heavy atom. The first-order chi connectivity index (χ1) is 11.0. The lowest BCUT2D eigenvalue weighted by atomic mass is 9.91. The fourth-order valence-electron chi connectivity index (χ4n) is 3.17. The normalized spacial score (nSPS) is 12.2. The van der Waals surface area contributed by atoms with Crippen molar-refractivity contribution in [1.82, 2.24) is 4.98 Å². The molecule has 23 heavy (non-hydrogen) atoms. The maximum Gasteiger partial charge on any atom is 0.119 e. The molecule has 1 heterocycles. The molecule has 2 aromatic rings. The van der Waals surface area contributed by atoms with E-state index in [1.54, 1.807) is 12.7 Å². The Kier molecular flexibility index (Phi) is 6.20. The lowest BCUT2D eigenvalue weighted by molar-refractivity contribution is 0.415. The molecule has 1 aromatic carbocycles. The number of benzene rings is 1. The maximum atomic E-state index is 5.37. The number of pyridine rings is 1. The minimum atomic E-state index is 0.660. The monoisotopic (exact) mass is 311 g/mol. The molecular weight excluding hydrogens is 282 g/mol. The van der Waals surface area contributed by atoms with E-state index in [9.17, 15) is 0 Å². The molecule has 0 N–H and O–H groups in total. The molecule has 0 amide bonds. The number of allylic oxidation sites excluding steroid dienone is 2. The van der Waals surface area contributed by atoms with Crippen molar-refractivity contribution in [2.45, 2.75) is 53.4 Å². The number of fused-ring (bicyclic) bond motifs is 1. The van der Waals surface area contributed by atoms with Gasteiger partial charge in [-0.2, -0.15) is 0 Å². The van der Waals surface area contributed by atoms with Gasteiger partial charge in [0.1, 0.15) is 5.75 Å². The number of hydrogen-bond acceptors (Lipinski definition) is 2. The molecule has 0 aliphatic heterocycles. The van der Waals surface area contributed by atoms with Gasteiger partial charge in [0, 0.05) is 11.6 Å². The number of hydrogen-bond donors (Lipinski definition) is 0. The zero-order chi connectivity index (χ0) is 16.8. The number of rotatable bonds is 7. The molecule has 0 aliphatic carbocycles. The van der Waals surface area contributed by atoms with Gasteiger partial charge in [-0.3, -0.25) is 4.98 Å². The standard InChI is InChI=1S/C21H29NO/c1-6-17(15(2)3)8-7-16(4)13-18-11-12-22-21-10-9-19(23-5)14-20(18)21/h9-12,14,16H,6-8,13H2,1-5H3/t16-/m0/s1. The van der Waals surface area contributed by atoms with Crippen molar-refractivity contribution in [3.63, 3.8) is 0 Å². The summed E-state index contributed by atoms with van der Waals surface area (Å²) in [6.07, 6.45) is 6.63. The second-order valence-corrected chi connectivity index (χ2v) is 6.66. The van der Waals surface area contributed by atoms with Gasteiger partial charge in [0.05, 0.1) is 12.6 Å². The van der Waals surface area contributed by atoms with Gasteiger partial charge in [-0.15, -0.1) is 0 Å². The molecule has 0 unspecified atom stereocenters. The van der Waals surface area contributed by atoms with E-state index in [1.807, 2.05) is 18.3 Å². The van der Waals surface area contributed by atoms with Crippen LogP contribution in [0.25, 0.3) is 10.9 Å². The van der Waals surface area contributed by atoms with E-state index in [4.69, 9.17) is 4.74 Å². The first-order valence-corrected chi connectivity index (χ1v) is 8.62. The van der Waals surface area contributed by atoms with Crippen LogP contribution in [0.5, 0.6) is 5.75 Å². The van der Waals surface area contributed by atoms with Crippen LogP contribution in [0.1, 0.15) is 52.5 Å². The molecule has 0 radical (unpaired) electrons. The highest BCUT2D eigenvalue weighted by Gasteiger charge is 2.10. The molecular formula is C21H29NO. The Balaban J connectivity index is 2.13. The Hall–Kier alpha value is -1.83. The van der Waals surface area contributed by atoms with Gasteiger partial charge in [0.15, 0.2) is 0 Å². The van der Waals surface area contributed by atoms with Crippen LogP contribution in [0.15, 0.2) is 41.6 Å². The molecule has 2 nitrogen and oxygen atoms in total. The molecule has 2 heteroatoms. The highest BCUT2D eigenvalue weighted by molar-refractivity contribution is 5.83. The molecule has 0 saturated heterocycles. The second kappa shape index (κ2) is 8.14. The van der Waals surface area contributed by atoms with Gasteiger partial charge in [-0.1, -0.05) is 25.0 Å². The summed E-state index contributed by atoms with van der Waals surface area (Å²) < 4.78 is 5.37. The summed E-state index contributed by atoms with van der Waals surface area (Å²) >= 11 is 0. The summed E-state index contributed by atoms with van der Waals surface area (Å²) in [5, 5.41) is 1.22. The van der Waals surface area contributed by atoms with Gasteiger partial charge in [-0.25, -0.2) is 0 Å². The van der Waals surface area contributed by atoms with Crippen LogP contribution >= 0.6 is 0 Å². The fourth-order valence-corrected chi connectivity index (χ4v) is 3.17. The van der Waals surface area contributed by atoms with Crippen LogP contribution in [0.2, 0.25) is 0 Å². The van der Waals surface area contributed by atoms with Crippen molar-refractivity contribution in [2.24, 2.45) is 5.92 Å². The lowest BCUT2D eigenvalue weighted by Gasteiger charge is -2.15. The predicted octanol–water partition coefficient (Wildman–Crippen LogP) is 5.95. The third-order valence-electron chi connectivity index (χ3n) is 4.68. The highest BCUT2D eigenvalue weighted by Crippen LogP contribution is 2.26. The van der Waals surface area contributed by atoms with Gasteiger partial charge in [0.2, 0.25) is 0 Å². The summed E-state index contributed by atoms with van der Waals surface area (Å²) in [5.41, 5.74) is 5.52. The SMILES string of the molecule is CCC(CC[C@H](C)Cc1ccnc2ccc(OC)cc12)=C(C)C. The van der Waals surface area contributed by atoms with E-state index in [2.05, 4.69) is 44.8 Å². The number of ether oxygens (including phenoxy) is 1. The molecule has 124 valence electrons. The largest absolute Gasteiger partial charge is 0.497 e. The minimum absolute atomic E-state index is 0.660. The third-order valence-corrected chi connectivity index (χ3v) is 4.68. The van der Waals surface area contributed by atoms with Crippen LogP contribution < -0.4 is 4.74 Å². The lowest BCUT2D eigenvalue weighted by Crippen LogP contribution is -2.02. The molecule has 0 spiro atoms. The van der Waals surface area contributed by atoms with E-state index in [0.717, 1.165) is 17.7 Å². The van der Waals surface area contributed by atoms with E-state index < -0.39 is 0 Å². The molecule has 0 bridgehead atoms. The van der Waals surface area contributed by atoms with Crippen LogP contribution in [0, 0.1) is 5.92 Å². The van der Waals surface area contributed by atoms with Gasteiger partial charge in [-0.05, 0) is 75.3 Å². The van der Waals surface area contributed by atoms with Crippen LogP contribution in [-0.2, 0) is 6.42 Å². The van der Waals surface area contributed by atoms with Crippen LogP contribution in [0.3, 0.4) is 0 Å². The smallest absolute Gasteiger partial charge is 0.119 e. The minimum Gasteiger partial charge on any atom is -0.497 e. The number of methoxy groups -OCH3 is 1. The van der Waals surface area contributed by atoms with Gasteiger partial charge < -0.3 is 4.74 Å². The fraction of sp³-hybridized carbons (Fsp3) is 0.476. The highest BCUT2D eigenvalue weighted by atomic mass is 16.5. The van der Waals surface area contributed by atoms with E-state index in [0.29, 0.717) is 5.92 Å². The second-order valence-electron chi connectivity index (χ2n) is 6.66. The van der Waals surface area contributed by atoms with Crippen LogP contribution in [0.4, 0.5) is 0 Å². The average molecular weight is 311 g/mol. The maximum absolute atomic E-state index is 5.37. The van der Waals surface area contributed by atoms with Crippen molar-refractivity contribution in [1.29, 1.82) is 0 Å². The summed E-state index contributed by atoms with van der Waals surface area (Å²) in [5.74, 6) is 1.56. The molecule has 0 fully saturated rings. The molecule has 2 rings (SSSR count). The van der Waals surface area contributed by atoms with Gasteiger partial charge in [0.25, 0.3) is 0 Å². The first-order valence-electron chi connectivity index (χ1n) is 8.62. The van der Waals surface area contributed by atoms with Crippen molar-refractivity contribution in [2.75, 3.05) is 7.11 Å². The molecule has 0 aliphatic rings. The zero-order valence-electron chi connectivity index (χ0n) is 15.1. The van der Waals surface area contributed by atoms with Crippen molar-refractivity contribution in [3.05, 3.63) is 47.2 Å². The molecule has 1 atom stereocenters. The summed E-state index contributed by atoms with van der Waals surface area (Å²) in [6.45, 7) is 9.07. The van der Waals surface area contributed by atoms with Crippen LogP contribution in [-0.4, -0.2) is 12.1 Å². The first kappa shape index (κ1) is 17.5. The summed E-state index contributed by atoms with van der Waals surface area (Å²) in [6, 6.07) is 8.28. The van der Waals surface area contributed by atoms with E-state index in [1.165, 1.54) is 35.8 Å². The summed E-state index contributed by atoms with van der Waals surface area (Å²) in [4.78, 5) is 4.47. The Morgan fingerprint density at radius 2 is 2.00 bits per heavy atom. The van der Waals surface area contributed by atoms with E-state index >= 15 is 0 Å². The quantitative estimate of drug-likeness (QED) is 0.589. The van der Waals surface area contributed by atoms with Crippen molar-refractivity contribution in [3.8, 4) is 5.75 Å². The molecule has 0 saturated carbocycles. The average Bonchev–Trinajstić information content (AvgIpc) is 2.55. The Bertz CT molecular complexity index is 683. The predicted molar refractivity (Wildman–Crippen MR) is 99.1 cm³/mol. The summed E-state index contributed by atoms with van der Waals surface area (Å²) in [7, 11) is 1.71. The third kappa shape index (κ3) is 4.57.